The Bertz CT molecular complexity index is 1000. The van der Waals surface area contributed by atoms with Gasteiger partial charge in [0.2, 0.25) is 0 Å². The van der Waals surface area contributed by atoms with E-state index in [0.29, 0.717) is 17.2 Å². The van der Waals surface area contributed by atoms with Gasteiger partial charge in [-0.15, -0.1) is 0 Å². The number of nitro groups is 1. The fraction of sp³-hybridized carbons (Fsp3) is 0.105. The Morgan fingerprint density at radius 1 is 1.18 bits per heavy atom. The lowest BCUT2D eigenvalue weighted by atomic mass is 10.2. The number of methoxy groups -OCH3 is 1. The van der Waals surface area contributed by atoms with Gasteiger partial charge in [0.05, 0.1) is 23.8 Å². The number of nitrogens with one attached hydrogen (secondary N) is 1. The van der Waals surface area contributed by atoms with Crippen molar-refractivity contribution in [3.05, 3.63) is 80.7 Å². The van der Waals surface area contributed by atoms with Crippen LogP contribution in [0.2, 0.25) is 0 Å². The molecule has 1 aromatic heterocycles. The van der Waals surface area contributed by atoms with E-state index in [2.05, 4.69) is 21.2 Å². The number of carbonyl (C=O) groups excluding carboxylic acids is 1. The number of ether oxygens (including phenoxy) is 2. The van der Waals surface area contributed by atoms with E-state index in [9.17, 15) is 14.9 Å². The zero-order chi connectivity index (χ0) is 20.1. The van der Waals surface area contributed by atoms with E-state index >= 15 is 0 Å². The van der Waals surface area contributed by atoms with Crippen LogP contribution in [0.25, 0.3) is 0 Å². The van der Waals surface area contributed by atoms with Gasteiger partial charge in [-0.1, -0.05) is 15.9 Å². The van der Waals surface area contributed by atoms with Gasteiger partial charge in [0.25, 0.3) is 11.6 Å². The van der Waals surface area contributed by atoms with Crippen LogP contribution in [-0.2, 0) is 6.61 Å². The van der Waals surface area contributed by atoms with E-state index in [1.165, 1.54) is 31.4 Å². The Morgan fingerprint density at radius 2 is 1.93 bits per heavy atom. The van der Waals surface area contributed by atoms with Crippen LogP contribution in [0.1, 0.15) is 16.3 Å². The quantitative estimate of drug-likeness (QED) is 0.413. The van der Waals surface area contributed by atoms with Crippen LogP contribution in [0.4, 0.5) is 11.4 Å². The minimum atomic E-state index is -0.543. The van der Waals surface area contributed by atoms with Gasteiger partial charge in [-0.3, -0.25) is 14.9 Å². The molecule has 0 aliphatic carbocycles. The van der Waals surface area contributed by atoms with Gasteiger partial charge in [0.1, 0.15) is 23.9 Å². The summed E-state index contributed by atoms with van der Waals surface area (Å²) in [5.74, 6) is 0.884. The normalized spacial score (nSPS) is 10.4. The Morgan fingerprint density at radius 3 is 2.61 bits per heavy atom. The zero-order valence-corrected chi connectivity index (χ0v) is 16.3. The predicted octanol–water partition coefficient (Wildman–Crippen LogP) is 4.79. The van der Waals surface area contributed by atoms with Crippen molar-refractivity contribution in [2.24, 2.45) is 0 Å². The van der Waals surface area contributed by atoms with E-state index < -0.39 is 10.8 Å². The second-order valence-corrected chi connectivity index (χ2v) is 6.52. The summed E-state index contributed by atoms with van der Waals surface area (Å²) in [7, 11) is 1.36. The summed E-state index contributed by atoms with van der Waals surface area (Å²) in [5, 5.41) is 13.5. The SMILES string of the molecule is COc1cc([N+](=O)[O-])ccc1NC(=O)c1ccc(COc2ccc(Br)cc2)o1. The molecule has 0 atom stereocenters. The van der Waals surface area contributed by atoms with E-state index in [1.807, 2.05) is 24.3 Å². The van der Waals surface area contributed by atoms with Gasteiger partial charge in [0, 0.05) is 10.5 Å². The topological polar surface area (TPSA) is 104 Å². The van der Waals surface area contributed by atoms with E-state index in [0.717, 1.165) is 4.47 Å². The van der Waals surface area contributed by atoms with Gasteiger partial charge in [0.15, 0.2) is 5.76 Å². The molecule has 0 spiro atoms. The number of amides is 1. The number of nitro benzene ring substituents is 1. The molecule has 1 N–H and O–H groups in total. The molecule has 8 nitrogen and oxygen atoms in total. The first kappa shape index (κ1) is 19.4. The average Bonchev–Trinajstić information content (AvgIpc) is 3.17. The number of carbonyl (C=O) groups is 1. The van der Waals surface area contributed by atoms with Gasteiger partial charge >= 0.3 is 0 Å². The van der Waals surface area contributed by atoms with Crippen molar-refractivity contribution in [2.75, 3.05) is 12.4 Å². The summed E-state index contributed by atoms with van der Waals surface area (Å²) < 4.78 is 17.1. The van der Waals surface area contributed by atoms with Gasteiger partial charge < -0.3 is 19.2 Å². The molecule has 144 valence electrons. The minimum absolute atomic E-state index is 0.0785. The van der Waals surface area contributed by atoms with Crippen LogP contribution < -0.4 is 14.8 Å². The highest BCUT2D eigenvalue weighted by molar-refractivity contribution is 9.10. The maximum Gasteiger partial charge on any atom is 0.291 e. The lowest BCUT2D eigenvalue weighted by molar-refractivity contribution is -0.384. The van der Waals surface area contributed by atoms with Crippen molar-refractivity contribution in [1.82, 2.24) is 0 Å². The summed E-state index contributed by atoms with van der Waals surface area (Å²) >= 11 is 3.35. The maximum atomic E-state index is 12.4. The molecule has 1 amide bonds. The average molecular weight is 447 g/mol. The lowest BCUT2D eigenvalue weighted by Crippen LogP contribution is -2.12. The molecule has 9 heteroatoms. The number of nitrogens with zero attached hydrogens (tertiary/aromatic N) is 1. The highest BCUT2D eigenvalue weighted by Crippen LogP contribution is 2.29. The van der Waals surface area contributed by atoms with Crippen LogP contribution in [0.3, 0.4) is 0 Å². The third-order valence-electron chi connectivity index (χ3n) is 3.72. The van der Waals surface area contributed by atoms with Crippen LogP contribution >= 0.6 is 15.9 Å². The first-order valence-electron chi connectivity index (χ1n) is 8.07. The molecule has 0 fully saturated rings. The number of hydrogen-bond donors (Lipinski definition) is 1. The smallest absolute Gasteiger partial charge is 0.291 e. The molecule has 28 heavy (non-hydrogen) atoms. The fourth-order valence-corrected chi connectivity index (χ4v) is 2.61. The second kappa shape index (κ2) is 8.57. The Hall–Kier alpha value is -3.33. The Kier molecular flexibility index (Phi) is 5.95. The molecule has 0 saturated carbocycles. The molecular weight excluding hydrogens is 432 g/mol. The summed E-state index contributed by atoms with van der Waals surface area (Å²) in [5.41, 5.74) is 0.155. The van der Waals surface area contributed by atoms with E-state index in [4.69, 9.17) is 13.9 Å². The van der Waals surface area contributed by atoms with Crippen LogP contribution in [0.15, 0.2) is 63.5 Å². The molecule has 0 radical (unpaired) electrons. The van der Waals surface area contributed by atoms with Crippen LogP contribution in [-0.4, -0.2) is 17.9 Å². The number of rotatable bonds is 7. The van der Waals surface area contributed by atoms with E-state index in [-0.39, 0.29) is 23.8 Å². The van der Waals surface area contributed by atoms with E-state index in [1.54, 1.807) is 6.07 Å². The third-order valence-corrected chi connectivity index (χ3v) is 4.25. The van der Waals surface area contributed by atoms with Gasteiger partial charge in [-0.2, -0.15) is 0 Å². The van der Waals surface area contributed by atoms with Crippen molar-refractivity contribution in [3.63, 3.8) is 0 Å². The molecule has 0 saturated heterocycles. The molecule has 0 aliphatic heterocycles. The van der Waals surface area contributed by atoms with Gasteiger partial charge in [-0.05, 0) is 42.5 Å². The first-order valence-corrected chi connectivity index (χ1v) is 8.86. The fourth-order valence-electron chi connectivity index (χ4n) is 2.34. The highest BCUT2D eigenvalue weighted by Gasteiger charge is 2.16. The summed E-state index contributed by atoms with van der Waals surface area (Å²) in [6, 6.07) is 14.4. The van der Waals surface area contributed by atoms with Crippen molar-refractivity contribution in [1.29, 1.82) is 0 Å². The zero-order valence-electron chi connectivity index (χ0n) is 14.7. The second-order valence-electron chi connectivity index (χ2n) is 5.60. The predicted molar refractivity (Wildman–Crippen MR) is 105 cm³/mol. The highest BCUT2D eigenvalue weighted by atomic mass is 79.9. The summed E-state index contributed by atoms with van der Waals surface area (Å²) in [4.78, 5) is 22.7. The van der Waals surface area contributed by atoms with Crippen molar-refractivity contribution in [2.45, 2.75) is 6.61 Å². The summed E-state index contributed by atoms with van der Waals surface area (Å²) in [6.07, 6.45) is 0. The molecular formula is C19H15BrN2O6. The van der Waals surface area contributed by atoms with Crippen LogP contribution in [0.5, 0.6) is 11.5 Å². The molecule has 3 aromatic rings. The molecule has 0 bridgehead atoms. The lowest BCUT2D eigenvalue weighted by Gasteiger charge is -2.09. The van der Waals surface area contributed by atoms with Gasteiger partial charge in [-0.25, -0.2) is 0 Å². The summed E-state index contributed by atoms with van der Waals surface area (Å²) in [6.45, 7) is 0.162. The molecule has 2 aromatic carbocycles. The van der Waals surface area contributed by atoms with Crippen LogP contribution in [0, 0.1) is 10.1 Å². The Balaban J connectivity index is 1.65. The number of anilines is 1. The molecule has 0 unspecified atom stereocenters. The third kappa shape index (κ3) is 4.68. The maximum absolute atomic E-state index is 12.4. The standard InChI is InChI=1S/C19H15BrN2O6/c1-26-18-10-13(22(24)25)4-8-16(18)21-19(23)17-9-7-15(28-17)11-27-14-5-2-12(20)3-6-14/h2-10H,11H2,1H3,(H,21,23). The number of non-ortho nitro benzene ring substituents is 1. The number of furan rings is 1. The number of benzene rings is 2. The minimum Gasteiger partial charge on any atom is -0.494 e. The number of hydrogen-bond acceptors (Lipinski definition) is 6. The monoisotopic (exact) mass is 446 g/mol. The molecule has 3 rings (SSSR count). The number of halogens is 1. The first-order chi connectivity index (χ1) is 13.5. The molecule has 0 aliphatic rings. The van der Waals surface area contributed by atoms with Crippen molar-refractivity contribution < 1.29 is 23.6 Å². The van der Waals surface area contributed by atoms with Crippen molar-refractivity contribution in [3.8, 4) is 11.5 Å². The van der Waals surface area contributed by atoms with Crippen molar-refractivity contribution >= 4 is 33.2 Å². The largest absolute Gasteiger partial charge is 0.494 e. The molecule has 1 heterocycles. The Labute approximate surface area is 168 Å².